The summed E-state index contributed by atoms with van der Waals surface area (Å²) in [6.07, 6.45) is 1.85. The number of nitro groups is 1. The number of para-hydroxylation sites is 1. The molecule has 4 rings (SSSR count). The summed E-state index contributed by atoms with van der Waals surface area (Å²) in [4.78, 5) is 14.2. The maximum atomic E-state index is 13.0. The van der Waals surface area contributed by atoms with E-state index >= 15 is 0 Å². The highest BCUT2D eigenvalue weighted by molar-refractivity contribution is 5.84. The number of hydrogen-bond acceptors (Lipinski definition) is 3. The molecule has 146 valence electrons. The number of aromatic amines is 1. The maximum Gasteiger partial charge on any atom is 0.214 e. The molecular formula is C23H19FN2O3. The van der Waals surface area contributed by atoms with Crippen LogP contribution >= 0.6 is 0 Å². The van der Waals surface area contributed by atoms with Crippen molar-refractivity contribution in [2.75, 3.05) is 6.54 Å². The van der Waals surface area contributed by atoms with E-state index in [1.165, 1.54) is 12.1 Å². The Hall–Kier alpha value is -3.67. The van der Waals surface area contributed by atoms with E-state index in [-0.39, 0.29) is 23.2 Å². The molecule has 0 saturated carbocycles. The lowest BCUT2D eigenvalue weighted by molar-refractivity contribution is -0.481. The minimum Gasteiger partial charge on any atom is -0.489 e. The Morgan fingerprint density at radius 1 is 1.00 bits per heavy atom. The van der Waals surface area contributed by atoms with Crippen molar-refractivity contribution in [3.8, 4) is 5.75 Å². The minimum atomic E-state index is -0.368. The normalized spacial score (nSPS) is 12.0. The quantitative estimate of drug-likeness (QED) is 0.344. The van der Waals surface area contributed by atoms with Gasteiger partial charge in [0.15, 0.2) is 0 Å². The number of ether oxygens (including phenoxy) is 1. The number of halogens is 1. The van der Waals surface area contributed by atoms with E-state index in [9.17, 15) is 14.5 Å². The van der Waals surface area contributed by atoms with E-state index in [0.717, 1.165) is 27.6 Å². The molecule has 0 aliphatic carbocycles. The highest BCUT2D eigenvalue weighted by Crippen LogP contribution is 2.32. The van der Waals surface area contributed by atoms with Gasteiger partial charge in [-0.1, -0.05) is 42.5 Å². The molecule has 1 heterocycles. The SMILES string of the molecule is O=[N+]([O-])C[C@H](c1ccc(OCc2ccc(F)cc2)cc1)c1c[nH]c2ccccc12. The van der Waals surface area contributed by atoms with Crippen molar-refractivity contribution in [3.63, 3.8) is 0 Å². The van der Waals surface area contributed by atoms with Crippen LogP contribution in [0.15, 0.2) is 79.0 Å². The van der Waals surface area contributed by atoms with Crippen LogP contribution in [0, 0.1) is 15.9 Å². The number of nitrogens with one attached hydrogen (secondary N) is 1. The number of fused-ring (bicyclic) bond motifs is 1. The van der Waals surface area contributed by atoms with Crippen molar-refractivity contribution in [2.24, 2.45) is 0 Å². The van der Waals surface area contributed by atoms with E-state index in [0.29, 0.717) is 12.4 Å². The van der Waals surface area contributed by atoms with Crippen LogP contribution in [0.2, 0.25) is 0 Å². The summed E-state index contributed by atoms with van der Waals surface area (Å²) in [6, 6.07) is 21.2. The molecule has 0 unspecified atom stereocenters. The third kappa shape index (κ3) is 4.27. The van der Waals surface area contributed by atoms with Crippen LogP contribution in [-0.2, 0) is 6.61 Å². The first kappa shape index (κ1) is 18.7. The van der Waals surface area contributed by atoms with Gasteiger partial charge >= 0.3 is 0 Å². The number of nitrogens with zero attached hydrogens (tertiary/aromatic N) is 1. The van der Waals surface area contributed by atoms with Gasteiger partial charge in [0, 0.05) is 22.0 Å². The first-order valence-electron chi connectivity index (χ1n) is 9.25. The van der Waals surface area contributed by atoms with Crippen LogP contribution in [0.4, 0.5) is 4.39 Å². The summed E-state index contributed by atoms with van der Waals surface area (Å²) in [6.45, 7) is 0.123. The van der Waals surface area contributed by atoms with Crippen LogP contribution < -0.4 is 4.74 Å². The summed E-state index contributed by atoms with van der Waals surface area (Å²) >= 11 is 0. The molecule has 0 radical (unpaired) electrons. The molecule has 0 aliphatic rings. The first-order chi connectivity index (χ1) is 14.1. The maximum absolute atomic E-state index is 13.0. The molecule has 0 aliphatic heterocycles. The summed E-state index contributed by atoms with van der Waals surface area (Å²) in [5.41, 5.74) is 3.56. The number of H-pyrrole nitrogens is 1. The van der Waals surface area contributed by atoms with Gasteiger partial charge in [0.1, 0.15) is 18.2 Å². The van der Waals surface area contributed by atoms with Gasteiger partial charge in [-0.3, -0.25) is 10.1 Å². The Bertz CT molecular complexity index is 1120. The molecule has 1 atom stereocenters. The number of benzene rings is 3. The topological polar surface area (TPSA) is 68.2 Å². The van der Waals surface area contributed by atoms with Crippen LogP contribution in [-0.4, -0.2) is 16.5 Å². The standard InChI is InChI=1S/C23H19FN2O3/c24-18-9-5-16(6-10-18)15-29-19-11-7-17(8-12-19)22(14-26(27)28)21-13-25-23-4-2-1-3-20(21)23/h1-13,22,25H,14-15H2/t22-/m1/s1. The fourth-order valence-corrected chi connectivity index (χ4v) is 3.46. The molecule has 0 fully saturated rings. The minimum absolute atomic E-state index is 0.197. The first-order valence-corrected chi connectivity index (χ1v) is 9.25. The van der Waals surface area contributed by atoms with E-state index in [1.54, 1.807) is 24.3 Å². The predicted octanol–water partition coefficient (Wildman–Crippen LogP) is 5.29. The van der Waals surface area contributed by atoms with Gasteiger partial charge in [-0.15, -0.1) is 0 Å². The van der Waals surface area contributed by atoms with Crippen LogP contribution in [0.25, 0.3) is 10.9 Å². The van der Waals surface area contributed by atoms with Crippen LogP contribution in [0.1, 0.15) is 22.6 Å². The largest absolute Gasteiger partial charge is 0.489 e. The van der Waals surface area contributed by atoms with Gasteiger partial charge in [0.05, 0.1) is 5.92 Å². The van der Waals surface area contributed by atoms with Gasteiger partial charge in [-0.2, -0.15) is 0 Å². The number of rotatable bonds is 7. The van der Waals surface area contributed by atoms with Crippen molar-refractivity contribution in [1.82, 2.24) is 4.98 Å². The van der Waals surface area contributed by atoms with Gasteiger partial charge in [-0.25, -0.2) is 4.39 Å². The third-order valence-corrected chi connectivity index (χ3v) is 4.93. The Morgan fingerprint density at radius 3 is 2.45 bits per heavy atom. The van der Waals surface area contributed by atoms with E-state index in [1.807, 2.05) is 42.6 Å². The lowest BCUT2D eigenvalue weighted by Crippen LogP contribution is -2.13. The van der Waals surface area contributed by atoms with Crippen molar-refractivity contribution >= 4 is 10.9 Å². The van der Waals surface area contributed by atoms with Crippen molar-refractivity contribution < 1.29 is 14.1 Å². The van der Waals surface area contributed by atoms with Crippen LogP contribution in [0.3, 0.4) is 0 Å². The zero-order valence-electron chi connectivity index (χ0n) is 15.5. The lowest BCUT2D eigenvalue weighted by Gasteiger charge is -2.14. The summed E-state index contributed by atoms with van der Waals surface area (Å²) in [5, 5.41) is 12.3. The smallest absolute Gasteiger partial charge is 0.214 e. The fraction of sp³-hybridized carbons (Fsp3) is 0.130. The van der Waals surface area contributed by atoms with Gasteiger partial charge in [0.25, 0.3) is 0 Å². The second-order valence-electron chi connectivity index (χ2n) is 6.84. The third-order valence-electron chi connectivity index (χ3n) is 4.93. The molecule has 1 aromatic heterocycles. The second-order valence-corrected chi connectivity index (χ2v) is 6.84. The average molecular weight is 390 g/mol. The zero-order valence-corrected chi connectivity index (χ0v) is 15.5. The average Bonchev–Trinajstić information content (AvgIpc) is 3.16. The molecule has 3 aromatic carbocycles. The highest BCUT2D eigenvalue weighted by atomic mass is 19.1. The molecule has 4 aromatic rings. The lowest BCUT2D eigenvalue weighted by atomic mass is 9.91. The summed E-state index contributed by atoms with van der Waals surface area (Å²) in [7, 11) is 0. The van der Waals surface area contributed by atoms with Crippen molar-refractivity contribution in [1.29, 1.82) is 0 Å². The van der Waals surface area contributed by atoms with Crippen molar-refractivity contribution in [2.45, 2.75) is 12.5 Å². The number of hydrogen-bond donors (Lipinski definition) is 1. The molecule has 0 saturated heterocycles. The Morgan fingerprint density at radius 2 is 1.72 bits per heavy atom. The highest BCUT2D eigenvalue weighted by Gasteiger charge is 2.23. The van der Waals surface area contributed by atoms with E-state index < -0.39 is 0 Å². The molecule has 1 N–H and O–H groups in total. The predicted molar refractivity (Wildman–Crippen MR) is 109 cm³/mol. The van der Waals surface area contributed by atoms with Crippen LogP contribution in [0.5, 0.6) is 5.75 Å². The Kier molecular flexibility index (Phi) is 5.24. The fourth-order valence-electron chi connectivity index (χ4n) is 3.46. The molecular weight excluding hydrogens is 371 g/mol. The Labute approximate surface area is 166 Å². The summed E-state index contributed by atoms with van der Waals surface area (Å²) in [5.74, 6) is -0.00336. The Balaban J connectivity index is 1.55. The molecule has 5 nitrogen and oxygen atoms in total. The molecule has 0 bridgehead atoms. The molecule has 0 spiro atoms. The van der Waals surface area contributed by atoms with Gasteiger partial charge in [-0.05, 0) is 47.0 Å². The van der Waals surface area contributed by atoms with Crippen molar-refractivity contribution in [3.05, 3.63) is 112 Å². The number of aromatic nitrogens is 1. The molecule has 0 amide bonds. The summed E-state index contributed by atoms with van der Waals surface area (Å²) < 4.78 is 18.7. The van der Waals surface area contributed by atoms with E-state index in [4.69, 9.17) is 4.74 Å². The zero-order chi connectivity index (χ0) is 20.2. The van der Waals surface area contributed by atoms with Gasteiger partial charge in [0.2, 0.25) is 6.54 Å². The monoisotopic (exact) mass is 390 g/mol. The van der Waals surface area contributed by atoms with E-state index in [2.05, 4.69) is 4.98 Å². The molecule has 6 heteroatoms. The van der Waals surface area contributed by atoms with Gasteiger partial charge < -0.3 is 9.72 Å². The second kappa shape index (κ2) is 8.14. The molecule has 29 heavy (non-hydrogen) atoms.